The maximum Gasteiger partial charge on any atom is 0.227 e. The second-order valence-corrected chi connectivity index (χ2v) is 5.81. The average molecular weight is 312 g/mol. The van der Waals surface area contributed by atoms with E-state index in [4.69, 9.17) is 0 Å². The standard InChI is InChI=1S/C17H24N6/c1-3-21(2)16-7-9-19-17(20-16)23-12-10-22(11-13-23)14-15-6-4-5-8-18-15/h4-9H,3,10-14H2,1-2H3. The first-order valence-corrected chi connectivity index (χ1v) is 8.17. The Morgan fingerprint density at radius 1 is 1.04 bits per heavy atom. The van der Waals surface area contributed by atoms with Crippen LogP contribution in [0.1, 0.15) is 12.6 Å². The molecule has 0 aliphatic carbocycles. The second-order valence-electron chi connectivity index (χ2n) is 5.81. The monoisotopic (exact) mass is 312 g/mol. The maximum absolute atomic E-state index is 4.69. The van der Waals surface area contributed by atoms with E-state index >= 15 is 0 Å². The number of aromatic nitrogens is 3. The minimum absolute atomic E-state index is 0.834. The Hall–Kier alpha value is -2.21. The summed E-state index contributed by atoms with van der Waals surface area (Å²) in [6.07, 6.45) is 3.71. The Morgan fingerprint density at radius 3 is 2.57 bits per heavy atom. The summed E-state index contributed by atoms with van der Waals surface area (Å²) < 4.78 is 0. The summed E-state index contributed by atoms with van der Waals surface area (Å²) in [6.45, 7) is 7.89. The van der Waals surface area contributed by atoms with Gasteiger partial charge >= 0.3 is 0 Å². The van der Waals surface area contributed by atoms with Gasteiger partial charge < -0.3 is 9.80 Å². The Balaban J connectivity index is 1.58. The number of hydrogen-bond acceptors (Lipinski definition) is 6. The Morgan fingerprint density at radius 2 is 1.87 bits per heavy atom. The minimum atomic E-state index is 0.834. The molecule has 0 N–H and O–H groups in total. The molecule has 2 aromatic rings. The molecule has 6 nitrogen and oxygen atoms in total. The molecule has 122 valence electrons. The molecule has 0 bridgehead atoms. The number of hydrogen-bond donors (Lipinski definition) is 0. The van der Waals surface area contributed by atoms with Crippen LogP contribution < -0.4 is 9.80 Å². The summed E-state index contributed by atoms with van der Waals surface area (Å²) in [7, 11) is 2.05. The van der Waals surface area contributed by atoms with Crippen molar-refractivity contribution in [2.75, 3.05) is 49.6 Å². The van der Waals surface area contributed by atoms with Gasteiger partial charge in [0.15, 0.2) is 0 Å². The van der Waals surface area contributed by atoms with Crippen molar-refractivity contribution in [2.45, 2.75) is 13.5 Å². The molecule has 0 unspecified atom stereocenters. The van der Waals surface area contributed by atoms with Gasteiger partial charge in [-0.15, -0.1) is 0 Å². The second kappa shape index (κ2) is 7.37. The predicted octanol–water partition coefficient (Wildman–Crippen LogP) is 1.65. The van der Waals surface area contributed by atoms with E-state index in [-0.39, 0.29) is 0 Å². The molecule has 23 heavy (non-hydrogen) atoms. The molecule has 0 amide bonds. The predicted molar refractivity (Wildman–Crippen MR) is 92.7 cm³/mol. The molecule has 0 spiro atoms. The van der Waals surface area contributed by atoms with Crippen molar-refractivity contribution in [1.82, 2.24) is 19.9 Å². The highest BCUT2D eigenvalue weighted by atomic mass is 15.3. The van der Waals surface area contributed by atoms with Gasteiger partial charge in [0.1, 0.15) is 5.82 Å². The molecule has 3 rings (SSSR count). The molecule has 6 heteroatoms. The molecule has 0 aromatic carbocycles. The van der Waals surface area contributed by atoms with E-state index in [9.17, 15) is 0 Å². The highest BCUT2D eigenvalue weighted by molar-refractivity contribution is 5.43. The molecule has 0 saturated carbocycles. The van der Waals surface area contributed by atoms with Gasteiger partial charge in [0.2, 0.25) is 5.95 Å². The molecule has 1 saturated heterocycles. The SMILES string of the molecule is CCN(C)c1ccnc(N2CCN(Cc3ccccn3)CC2)n1. The zero-order chi connectivity index (χ0) is 16.1. The largest absolute Gasteiger partial charge is 0.360 e. The lowest BCUT2D eigenvalue weighted by Gasteiger charge is -2.34. The van der Waals surface area contributed by atoms with E-state index in [1.807, 2.05) is 30.6 Å². The summed E-state index contributed by atoms with van der Waals surface area (Å²) in [6, 6.07) is 8.05. The zero-order valence-corrected chi connectivity index (χ0v) is 13.9. The van der Waals surface area contributed by atoms with Crippen molar-refractivity contribution in [3.8, 4) is 0 Å². The van der Waals surface area contributed by atoms with Crippen LogP contribution >= 0.6 is 0 Å². The third-order valence-electron chi connectivity index (χ3n) is 4.26. The van der Waals surface area contributed by atoms with Crippen molar-refractivity contribution in [3.05, 3.63) is 42.4 Å². The molecule has 1 aliphatic rings. The Labute approximate surface area is 137 Å². The number of anilines is 2. The lowest BCUT2D eigenvalue weighted by Crippen LogP contribution is -2.46. The van der Waals surface area contributed by atoms with E-state index < -0.39 is 0 Å². The highest BCUT2D eigenvalue weighted by Gasteiger charge is 2.19. The van der Waals surface area contributed by atoms with Crippen LogP contribution in [0.25, 0.3) is 0 Å². The van der Waals surface area contributed by atoms with Crippen LogP contribution in [0.4, 0.5) is 11.8 Å². The van der Waals surface area contributed by atoms with Gasteiger partial charge in [0.05, 0.1) is 5.69 Å². The number of nitrogens with zero attached hydrogens (tertiary/aromatic N) is 6. The van der Waals surface area contributed by atoms with Crippen molar-refractivity contribution in [2.24, 2.45) is 0 Å². The molecule has 0 atom stereocenters. The van der Waals surface area contributed by atoms with E-state index in [0.29, 0.717) is 0 Å². The topological polar surface area (TPSA) is 48.4 Å². The zero-order valence-electron chi connectivity index (χ0n) is 13.9. The van der Waals surface area contributed by atoms with Gasteiger partial charge in [-0.25, -0.2) is 4.98 Å². The third kappa shape index (κ3) is 3.96. The van der Waals surface area contributed by atoms with Crippen LogP contribution in [0.15, 0.2) is 36.7 Å². The molecule has 1 aliphatic heterocycles. The molecular weight excluding hydrogens is 288 g/mol. The van der Waals surface area contributed by atoms with Crippen molar-refractivity contribution in [3.63, 3.8) is 0 Å². The van der Waals surface area contributed by atoms with Crippen LogP contribution in [0.2, 0.25) is 0 Å². The van der Waals surface area contributed by atoms with E-state index in [1.165, 1.54) is 0 Å². The first kappa shape index (κ1) is 15.7. The smallest absolute Gasteiger partial charge is 0.227 e. The fourth-order valence-electron chi connectivity index (χ4n) is 2.69. The van der Waals surface area contributed by atoms with Crippen molar-refractivity contribution >= 4 is 11.8 Å². The van der Waals surface area contributed by atoms with E-state index in [1.54, 1.807) is 0 Å². The summed E-state index contributed by atoms with van der Waals surface area (Å²) in [5.41, 5.74) is 1.13. The first-order chi connectivity index (χ1) is 11.3. The minimum Gasteiger partial charge on any atom is -0.360 e. The molecular formula is C17H24N6. The average Bonchev–Trinajstić information content (AvgIpc) is 2.62. The van der Waals surface area contributed by atoms with Crippen LogP contribution in [-0.2, 0) is 6.54 Å². The number of piperazine rings is 1. The van der Waals surface area contributed by atoms with Gasteiger partial charge in [0, 0.05) is 58.7 Å². The fourth-order valence-corrected chi connectivity index (χ4v) is 2.69. The van der Waals surface area contributed by atoms with E-state index in [0.717, 1.165) is 56.7 Å². The summed E-state index contributed by atoms with van der Waals surface area (Å²) in [5, 5.41) is 0. The molecule has 3 heterocycles. The highest BCUT2D eigenvalue weighted by Crippen LogP contribution is 2.16. The Kier molecular flexibility index (Phi) is 5.02. The van der Waals surface area contributed by atoms with Crippen LogP contribution in [0.5, 0.6) is 0 Å². The van der Waals surface area contributed by atoms with E-state index in [2.05, 4.69) is 49.7 Å². The normalized spacial score (nSPS) is 15.7. The van der Waals surface area contributed by atoms with Crippen molar-refractivity contribution < 1.29 is 0 Å². The van der Waals surface area contributed by atoms with Gasteiger partial charge in [0.25, 0.3) is 0 Å². The summed E-state index contributed by atoms with van der Waals surface area (Å²) in [4.78, 5) is 20.4. The summed E-state index contributed by atoms with van der Waals surface area (Å²) in [5.74, 6) is 1.81. The fraction of sp³-hybridized carbons (Fsp3) is 0.471. The lowest BCUT2D eigenvalue weighted by molar-refractivity contribution is 0.246. The van der Waals surface area contributed by atoms with Gasteiger partial charge in [-0.05, 0) is 25.1 Å². The van der Waals surface area contributed by atoms with Crippen LogP contribution in [0.3, 0.4) is 0 Å². The van der Waals surface area contributed by atoms with Crippen LogP contribution in [0, 0.1) is 0 Å². The maximum atomic E-state index is 4.69. The first-order valence-electron chi connectivity index (χ1n) is 8.17. The van der Waals surface area contributed by atoms with Gasteiger partial charge in [-0.3, -0.25) is 9.88 Å². The Bertz CT molecular complexity index is 609. The van der Waals surface area contributed by atoms with Crippen molar-refractivity contribution in [1.29, 1.82) is 0 Å². The quantitative estimate of drug-likeness (QED) is 0.837. The summed E-state index contributed by atoms with van der Waals surface area (Å²) >= 11 is 0. The molecule has 1 fully saturated rings. The molecule has 0 radical (unpaired) electrons. The third-order valence-corrected chi connectivity index (χ3v) is 4.26. The number of pyridine rings is 1. The molecule has 2 aromatic heterocycles. The number of rotatable bonds is 5. The van der Waals surface area contributed by atoms with Gasteiger partial charge in [-0.1, -0.05) is 6.07 Å². The van der Waals surface area contributed by atoms with Gasteiger partial charge in [-0.2, -0.15) is 4.98 Å². The lowest BCUT2D eigenvalue weighted by atomic mass is 10.3. The van der Waals surface area contributed by atoms with Crippen LogP contribution in [-0.4, -0.2) is 59.6 Å².